The van der Waals surface area contributed by atoms with E-state index in [0.29, 0.717) is 6.42 Å². The van der Waals surface area contributed by atoms with Crippen molar-refractivity contribution in [3.63, 3.8) is 0 Å². The number of hydrogen-bond acceptors (Lipinski definition) is 4. The fraction of sp³-hybridized carbons (Fsp3) is 0.750. The minimum Gasteiger partial charge on any atom is -0.469 e. The van der Waals surface area contributed by atoms with Gasteiger partial charge in [-0.05, 0) is 19.3 Å². The van der Waals surface area contributed by atoms with Gasteiger partial charge in [0.1, 0.15) is 0 Å². The Hall–Kier alpha value is -1.39. The molecule has 0 radical (unpaired) electrons. The van der Waals surface area contributed by atoms with E-state index in [2.05, 4.69) is 10.1 Å². The maximum atomic E-state index is 11.9. The van der Waals surface area contributed by atoms with E-state index in [0.717, 1.165) is 25.7 Å². The minimum absolute atomic E-state index is 0.144. The van der Waals surface area contributed by atoms with Crippen molar-refractivity contribution in [2.45, 2.75) is 38.5 Å². The summed E-state index contributed by atoms with van der Waals surface area (Å²) >= 11 is 0. The molecular formula is C12H17NO4. The summed E-state index contributed by atoms with van der Waals surface area (Å²) in [6, 6.07) is 0. The van der Waals surface area contributed by atoms with Crippen LogP contribution in [0.25, 0.3) is 0 Å². The maximum Gasteiger partial charge on any atom is 0.305 e. The summed E-state index contributed by atoms with van der Waals surface area (Å²) in [5, 5.41) is 2.41. The number of amides is 2. The van der Waals surface area contributed by atoms with Gasteiger partial charge in [-0.1, -0.05) is 12.8 Å². The number of hydrogen-bond donors (Lipinski definition) is 1. The molecule has 0 aromatic heterocycles. The second-order valence-corrected chi connectivity index (χ2v) is 4.85. The van der Waals surface area contributed by atoms with Gasteiger partial charge in [-0.3, -0.25) is 19.7 Å². The summed E-state index contributed by atoms with van der Waals surface area (Å²) in [6.45, 7) is 0. The van der Waals surface area contributed by atoms with Crippen LogP contribution in [-0.2, 0) is 19.1 Å². The molecule has 5 heteroatoms. The van der Waals surface area contributed by atoms with Gasteiger partial charge < -0.3 is 4.74 Å². The lowest BCUT2D eigenvalue weighted by Gasteiger charge is -2.25. The van der Waals surface area contributed by atoms with Crippen LogP contribution in [0.4, 0.5) is 0 Å². The van der Waals surface area contributed by atoms with Gasteiger partial charge in [0.15, 0.2) is 0 Å². The van der Waals surface area contributed by atoms with Crippen LogP contribution < -0.4 is 5.32 Å². The van der Waals surface area contributed by atoms with E-state index in [9.17, 15) is 14.4 Å². The van der Waals surface area contributed by atoms with Crippen LogP contribution in [0, 0.1) is 11.3 Å². The van der Waals surface area contributed by atoms with Crippen molar-refractivity contribution in [1.82, 2.24) is 5.32 Å². The lowest BCUT2D eigenvalue weighted by molar-refractivity contribution is -0.141. The first kappa shape index (κ1) is 12.1. The lowest BCUT2D eigenvalue weighted by Crippen LogP contribution is -2.32. The molecule has 17 heavy (non-hydrogen) atoms. The van der Waals surface area contributed by atoms with Crippen molar-refractivity contribution < 1.29 is 19.1 Å². The van der Waals surface area contributed by atoms with E-state index >= 15 is 0 Å². The zero-order valence-electron chi connectivity index (χ0n) is 9.95. The van der Waals surface area contributed by atoms with E-state index in [-0.39, 0.29) is 30.1 Å². The van der Waals surface area contributed by atoms with Crippen molar-refractivity contribution in [3.05, 3.63) is 0 Å². The summed E-state index contributed by atoms with van der Waals surface area (Å²) in [7, 11) is 1.33. The second kappa shape index (κ2) is 4.47. The highest BCUT2D eigenvalue weighted by atomic mass is 16.5. The first-order valence-electron chi connectivity index (χ1n) is 6.02. The number of esters is 1. The van der Waals surface area contributed by atoms with Crippen LogP contribution in [0.15, 0.2) is 0 Å². The molecule has 5 nitrogen and oxygen atoms in total. The zero-order chi connectivity index (χ0) is 12.5. The minimum atomic E-state index is -0.537. The lowest BCUT2D eigenvalue weighted by atomic mass is 9.73. The van der Waals surface area contributed by atoms with Gasteiger partial charge in [-0.25, -0.2) is 0 Å². The molecule has 1 aliphatic carbocycles. The van der Waals surface area contributed by atoms with Crippen LogP contribution in [0.3, 0.4) is 0 Å². The Bertz CT molecular complexity index is 358. The summed E-state index contributed by atoms with van der Waals surface area (Å²) in [5.41, 5.74) is -0.537. The van der Waals surface area contributed by atoms with Crippen molar-refractivity contribution in [3.8, 4) is 0 Å². The third kappa shape index (κ3) is 1.94. The molecular weight excluding hydrogens is 222 g/mol. The van der Waals surface area contributed by atoms with Crippen molar-refractivity contribution >= 4 is 17.8 Å². The van der Waals surface area contributed by atoms with Crippen molar-refractivity contribution in [2.75, 3.05) is 7.11 Å². The number of ether oxygens (including phenoxy) is 1. The van der Waals surface area contributed by atoms with Gasteiger partial charge in [0.05, 0.1) is 18.4 Å². The molecule has 94 valence electrons. The fourth-order valence-electron chi connectivity index (χ4n) is 3.09. The van der Waals surface area contributed by atoms with Crippen LogP contribution in [0.2, 0.25) is 0 Å². The Kier molecular flexibility index (Phi) is 3.17. The van der Waals surface area contributed by atoms with E-state index in [1.54, 1.807) is 0 Å². The monoisotopic (exact) mass is 239 g/mol. The highest BCUT2D eigenvalue weighted by molar-refractivity contribution is 6.07. The van der Waals surface area contributed by atoms with Crippen molar-refractivity contribution in [2.24, 2.45) is 11.3 Å². The third-order valence-corrected chi connectivity index (χ3v) is 4.03. The first-order valence-corrected chi connectivity index (χ1v) is 6.02. The highest BCUT2D eigenvalue weighted by Crippen LogP contribution is 2.49. The number of carbonyl (C=O) groups is 3. The third-order valence-electron chi connectivity index (χ3n) is 4.03. The molecule has 1 unspecified atom stereocenters. The van der Waals surface area contributed by atoms with E-state index in [1.165, 1.54) is 7.11 Å². The van der Waals surface area contributed by atoms with Crippen LogP contribution >= 0.6 is 0 Å². The van der Waals surface area contributed by atoms with E-state index < -0.39 is 5.41 Å². The van der Waals surface area contributed by atoms with E-state index in [1.807, 2.05) is 0 Å². The van der Waals surface area contributed by atoms with Gasteiger partial charge in [-0.2, -0.15) is 0 Å². The average molecular weight is 239 g/mol. The predicted molar refractivity (Wildman–Crippen MR) is 58.8 cm³/mol. The second-order valence-electron chi connectivity index (χ2n) is 4.85. The van der Waals surface area contributed by atoms with E-state index in [4.69, 9.17) is 0 Å². The molecule has 1 aliphatic heterocycles. The molecule has 1 N–H and O–H groups in total. The standard InChI is InChI=1S/C12H17NO4/c1-17-9(14)5-4-8-10(15)13-11(16)12(8)6-2-3-7-12/h8H,2-7H2,1H3,(H,13,15,16). The Morgan fingerprint density at radius 3 is 2.65 bits per heavy atom. The smallest absolute Gasteiger partial charge is 0.305 e. The topological polar surface area (TPSA) is 72.5 Å². The number of methoxy groups -OCH3 is 1. The molecule has 2 amide bonds. The molecule has 1 saturated carbocycles. The quantitative estimate of drug-likeness (QED) is 0.583. The van der Waals surface area contributed by atoms with Crippen molar-refractivity contribution in [1.29, 1.82) is 0 Å². The summed E-state index contributed by atoms with van der Waals surface area (Å²) in [5.74, 6) is -1.04. The van der Waals surface area contributed by atoms with Crippen LogP contribution in [0.1, 0.15) is 38.5 Å². The number of carbonyl (C=O) groups excluding carboxylic acids is 3. The normalized spacial score (nSPS) is 26.3. The number of imide groups is 1. The molecule has 2 aliphatic rings. The average Bonchev–Trinajstić information content (AvgIpc) is 2.86. The fourth-order valence-corrected chi connectivity index (χ4v) is 3.09. The molecule has 1 heterocycles. The van der Waals surface area contributed by atoms with Crippen LogP contribution in [0.5, 0.6) is 0 Å². The summed E-state index contributed by atoms with van der Waals surface area (Å²) in [4.78, 5) is 34.8. The van der Waals surface area contributed by atoms with Gasteiger partial charge >= 0.3 is 5.97 Å². The molecule has 0 aromatic carbocycles. The molecule has 1 saturated heterocycles. The number of nitrogens with one attached hydrogen (secondary N) is 1. The van der Waals surface area contributed by atoms with Gasteiger partial charge in [0.25, 0.3) is 0 Å². The number of rotatable bonds is 3. The SMILES string of the molecule is COC(=O)CCC1C(=O)NC(=O)C12CCCC2. The summed E-state index contributed by atoms with van der Waals surface area (Å²) < 4.78 is 4.57. The molecule has 2 rings (SSSR count). The largest absolute Gasteiger partial charge is 0.469 e. The van der Waals surface area contributed by atoms with Gasteiger partial charge in [0.2, 0.25) is 11.8 Å². The molecule has 1 atom stereocenters. The zero-order valence-corrected chi connectivity index (χ0v) is 9.95. The Morgan fingerprint density at radius 2 is 2.06 bits per heavy atom. The molecule has 1 spiro atoms. The molecule has 0 aromatic rings. The molecule has 0 bridgehead atoms. The van der Waals surface area contributed by atoms with Gasteiger partial charge in [-0.15, -0.1) is 0 Å². The summed E-state index contributed by atoms with van der Waals surface area (Å²) in [6.07, 6.45) is 4.09. The van der Waals surface area contributed by atoms with Gasteiger partial charge in [0, 0.05) is 6.42 Å². The van der Waals surface area contributed by atoms with Crippen LogP contribution in [-0.4, -0.2) is 24.9 Å². The molecule has 2 fully saturated rings. The Balaban J connectivity index is 2.10. The highest BCUT2D eigenvalue weighted by Gasteiger charge is 2.55. The first-order chi connectivity index (χ1) is 8.10. The maximum absolute atomic E-state index is 11.9. The predicted octanol–water partition coefficient (Wildman–Crippen LogP) is 0.773. The Labute approximate surface area is 99.9 Å². The Morgan fingerprint density at radius 1 is 1.41 bits per heavy atom.